The van der Waals surface area contributed by atoms with E-state index in [1.165, 1.54) is 6.08 Å². The van der Waals surface area contributed by atoms with Crippen molar-refractivity contribution in [2.45, 2.75) is 32.8 Å². The van der Waals surface area contributed by atoms with Crippen molar-refractivity contribution in [3.8, 4) is 0 Å². The number of allylic oxidation sites excluding steroid dienone is 1. The summed E-state index contributed by atoms with van der Waals surface area (Å²) in [5, 5.41) is 0. The fourth-order valence-electron chi connectivity index (χ4n) is 0.538. The predicted molar refractivity (Wildman–Crippen MR) is 40.6 cm³/mol. The van der Waals surface area contributed by atoms with Gasteiger partial charge in [0.25, 0.3) is 0 Å². The minimum atomic E-state index is -0.472. The van der Waals surface area contributed by atoms with Gasteiger partial charge in [-0.3, -0.25) is 0 Å². The first kappa shape index (κ1) is 9.63. The first-order chi connectivity index (χ1) is 4.52. The van der Waals surface area contributed by atoms with Crippen LogP contribution in [0.3, 0.4) is 0 Å². The molecule has 0 amide bonds. The van der Waals surface area contributed by atoms with Crippen molar-refractivity contribution in [3.63, 3.8) is 0 Å². The monoisotopic (exact) mass is 146 g/mol. The lowest BCUT2D eigenvalue weighted by Gasteiger charge is -2.17. The number of halogens is 1. The molecule has 10 heavy (non-hydrogen) atoms. The van der Waals surface area contributed by atoms with Crippen LogP contribution in [-0.4, -0.2) is 12.7 Å². The highest BCUT2D eigenvalue weighted by Crippen LogP contribution is 2.14. The van der Waals surface area contributed by atoms with Crippen molar-refractivity contribution in [1.29, 1.82) is 0 Å². The normalized spacial score (nSPS) is 13.9. The molecule has 0 unspecified atom stereocenters. The molecule has 0 fully saturated rings. The first-order valence-electron chi connectivity index (χ1n) is 3.44. The third-order valence-corrected chi connectivity index (χ3v) is 1.37. The van der Waals surface area contributed by atoms with Gasteiger partial charge < -0.3 is 4.74 Å². The second-order valence-electron chi connectivity index (χ2n) is 2.75. The van der Waals surface area contributed by atoms with E-state index in [1.54, 1.807) is 14.0 Å². The summed E-state index contributed by atoms with van der Waals surface area (Å²) in [6.07, 6.45) is 1.93. The summed E-state index contributed by atoms with van der Waals surface area (Å²) in [5.74, 6) is -0.119. The standard InChI is InChI=1S/C8H15FO/c1-5-7(9)6-8(2,3)10-4/h6H,5H2,1-4H3/b7-6+. The van der Waals surface area contributed by atoms with E-state index < -0.39 is 5.60 Å². The average Bonchev–Trinajstić information content (AvgIpc) is 1.87. The van der Waals surface area contributed by atoms with Gasteiger partial charge in [-0.15, -0.1) is 0 Å². The molecule has 0 aromatic carbocycles. The molecule has 0 aliphatic heterocycles. The zero-order chi connectivity index (χ0) is 8.20. The molecule has 0 heterocycles. The van der Waals surface area contributed by atoms with E-state index in [0.29, 0.717) is 6.42 Å². The average molecular weight is 146 g/mol. The van der Waals surface area contributed by atoms with Gasteiger partial charge in [0, 0.05) is 7.11 Å². The molecule has 0 radical (unpaired) electrons. The van der Waals surface area contributed by atoms with Crippen LogP contribution in [0, 0.1) is 0 Å². The highest BCUT2D eigenvalue weighted by molar-refractivity contribution is 5.01. The highest BCUT2D eigenvalue weighted by atomic mass is 19.1. The largest absolute Gasteiger partial charge is 0.375 e. The number of methoxy groups -OCH3 is 1. The zero-order valence-electron chi connectivity index (χ0n) is 7.07. The molecule has 0 atom stereocenters. The Morgan fingerprint density at radius 3 is 2.40 bits per heavy atom. The Labute approximate surface area is 61.9 Å². The van der Waals surface area contributed by atoms with Gasteiger partial charge in [-0.1, -0.05) is 6.92 Å². The molecule has 0 N–H and O–H groups in total. The summed E-state index contributed by atoms with van der Waals surface area (Å²) in [5.41, 5.74) is -0.472. The molecule has 0 aromatic rings. The lowest BCUT2D eigenvalue weighted by Crippen LogP contribution is -2.18. The van der Waals surface area contributed by atoms with Gasteiger partial charge in [0.05, 0.1) is 11.4 Å². The minimum absolute atomic E-state index is 0.119. The van der Waals surface area contributed by atoms with Gasteiger partial charge >= 0.3 is 0 Å². The molecule has 0 aliphatic carbocycles. The number of ether oxygens (including phenoxy) is 1. The predicted octanol–water partition coefficient (Wildman–Crippen LogP) is 2.67. The van der Waals surface area contributed by atoms with Crippen LogP contribution in [0.2, 0.25) is 0 Å². The maximum Gasteiger partial charge on any atom is 0.0985 e. The Hall–Kier alpha value is -0.370. The van der Waals surface area contributed by atoms with E-state index in [1.807, 2.05) is 13.8 Å². The van der Waals surface area contributed by atoms with Gasteiger partial charge in [-0.2, -0.15) is 0 Å². The maximum absolute atomic E-state index is 12.6. The van der Waals surface area contributed by atoms with Crippen LogP contribution in [-0.2, 0) is 4.74 Å². The van der Waals surface area contributed by atoms with Crippen LogP contribution < -0.4 is 0 Å². The van der Waals surface area contributed by atoms with Crippen molar-refractivity contribution >= 4 is 0 Å². The molecule has 0 rings (SSSR count). The summed E-state index contributed by atoms with van der Waals surface area (Å²) in [6.45, 7) is 5.42. The Kier molecular flexibility index (Phi) is 3.58. The number of rotatable bonds is 3. The summed E-state index contributed by atoms with van der Waals surface area (Å²) in [7, 11) is 1.57. The van der Waals surface area contributed by atoms with E-state index in [2.05, 4.69) is 0 Å². The summed E-state index contributed by atoms with van der Waals surface area (Å²) in [6, 6.07) is 0. The quantitative estimate of drug-likeness (QED) is 0.594. The Balaban J connectivity index is 4.09. The molecule has 0 saturated heterocycles. The smallest absolute Gasteiger partial charge is 0.0985 e. The van der Waals surface area contributed by atoms with Crippen LogP contribution in [0.4, 0.5) is 4.39 Å². The van der Waals surface area contributed by atoms with Crippen molar-refractivity contribution in [3.05, 3.63) is 11.9 Å². The van der Waals surface area contributed by atoms with E-state index in [4.69, 9.17) is 4.74 Å². The SMILES string of the molecule is CC/C(F)=C\C(C)(C)OC. The fourth-order valence-corrected chi connectivity index (χ4v) is 0.538. The second kappa shape index (κ2) is 3.71. The molecule has 2 heteroatoms. The van der Waals surface area contributed by atoms with Crippen molar-refractivity contribution in [2.75, 3.05) is 7.11 Å². The third kappa shape index (κ3) is 3.62. The van der Waals surface area contributed by atoms with Crippen molar-refractivity contribution in [1.82, 2.24) is 0 Å². The molecule has 1 nitrogen and oxygen atoms in total. The van der Waals surface area contributed by atoms with Crippen molar-refractivity contribution < 1.29 is 9.13 Å². The Bertz CT molecular complexity index is 127. The molecular formula is C8H15FO. The summed E-state index contributed by atoms with van der Waals surface area (Å²) >= 11 is 0. The van der Waals surface area contributed by atoms with E-state index in [-0.39, 0.29) is 5.83 Å². The van der Waals surface area contributed by atoms with Gasteiger partial charge in [-0.25, -0.2) is 4.39 Å². The second-order valence-corrected chi connectivity index (χ2v) is 2.75. The lowest BCUT2D eigenvalue weighted by atomic mass is 10.1. The molecule has 0 spiro atoms. The Morgan fingerprint density at radius 1 is 1.60 bits per heavy atom. The first-order valence-corrected chi connectivity index (χ1v) is 3.44. The van der Waals surface area contributed by atoms with E-state index in [0.717, 1.165) is 0 Å². The molecule has 0 saturated carbocycles. The molecule has 0 bridgehead atoms. The van der Waals surface area contributed by atoms with Gasteiger partial charge in [0.1, 0.15) is 0 Å². The van der Waals surface area contributed by atoms with Crippen LogP contribution in [0.15, 0.2) is 11.9 Å². The van der Waals surface area contributed by atoms with Gasteiger partial charge in [0.15, 0.2) is 0 Å². The van der Waals surface area contributed by atoms with Crippen LogP contribution >= 0.6 is 0 Å². The van der Waals surface area contributed by atoms with Crippen LogP contribution in [0.1, 0.15) is 27.2 Å². The zero-order valence-corrected chi connectivity index (χ0v) is 7.07. The molecule has 60 valence electrons. The highest BCUT2D eigenvalue weighted by Gasteiger charge is 2.12. The number of hydrogen-bond acceptors (Lipinski definition) is 1. The lowest BCUT2D eigenvalue weighted by molar-refractivity contribution is 0.0636. The van der Waals surface area contributed by atoms with E-state index >= 15 is 0 Å². The summed E-state index contributed by atoms with van der Waals surface area (Å²) < 4.78 is 17.6. The third-order valence-electron chi connectivity index (χ3n) is 1.37. The molecular weight excluding hydrogens is 131 g/mol. The molecule has 0 aromatic heterocycles. The van der Waals surface area contributed by atoms with Gasteiger partial charge in [0.2, 0.25) is 0 Å². The topological polar surface area (TPSA) is 9.23 Å². The number of hydrogen-bond donors (Lipinski definition) is 0. The van der Waals surface area contributed by atoms with Crippen molar-refractivity contribution in [2.24, 2.45) is 0 Å². The fraction of sp³-hybridized carbons (Fsp3) is 0.750. The Morgan fingerprint density at radius 2 is 2.10 bits per heavy atom. The summed E-state index contributed by atoms with van der Waals surface area (Å²) in [4.78, 5) is 0. The molecule has 0 aliphatic rings. The van der Waals surface area contributed by atoms with Crippen LogP contribution in [0.5, 0.6) is 0 Å². The van der Waals surface area contributed by atoms with E-state index in [9.17, 15) is 4.39 Å². The van der Waals surface area contributed by atoms with Gasteiger partial charge in [-0.05, 0) is 26.3 Å². The maximum atomic E-state index is 12.6. The van der Waals surface area contributed by atoms with Crippen LogP contribution in [0.25, 0.3) is 0 Å². The minimum Gasteiger partial charge on any atom is -0.375 e.